The lowest BCUT2D eigenvalue weighted by Crippen LogP contribution is -2.47. The number of esters is 1. The van der Waals surface area contributed by atoms with Gasteiger partial charge in [-0.3, -0.25) is 14.4 Å². The zero-order valence-corrected chi connectivity index (χ0v) is 35.2. The first-order valence-corrected chi connectivity index (χ1v) is 22.4. The van der Waals surface area contributed by atoms with Gasteiger partial charge in [0, 0.05) is 12.8 Å². The molecule has 0 aliphatic carbocycles. The minimum atomic E-state index is -1.38. The third kappa shape index (κ3) is 37.7. The van der Waals surface area contributed by atoms with Gasteiger partial charge in [-0.15, -0.1) is 0 Å². The van der Waals surface area contributed by atoms with Crippen LogP contribution >= 0.6 is 0 Å². The number of carbonyl (C=O) groups is 4. The number of unbranched alkanes of at least 4 members (excludes halogenated alkanes) is 20. The Labute approximate surface area is 336 Å². The highest BCUT2D eigenvalue weighted by atomic mass is 16.5. The van der Waals surface area contributed by atoms with Crippen LogP contribution in [0, 0.1) is 0 Å². The van der Waals surface area contributed by atoms with Crippen LogP contribution in [0.1, 0.15) is 206 Å². The van der Waals surface area contributed by atoms with Crippen LogP contribution < -0.4 is 10.6 Å². The first-order chi connectivity index (χ1) is 26.8. The van der Waals surface area contributed by atoms with E-state index in [2.05, 4.69) is 60.9 Å². The molecule has 0 spiro atoms. The van der Waals surface area contributed by atoms with Gasteiger partial charge in [0.15, 0.2) is 0 Å². The molecule has 0 aliphatic rings. The molecular weight excluding hydrogens is 693 g/mol. The zero-order valence-electron chi connectivity index (χ0n) is 35.2. The minimum Gasteiger partial charge on any atom is -0.480 e. The van der Waals surface area contributed by atoms with E-state index in [1.807, 2.05) is 0 Å². The molecule has 4 N–H and O–H groups in total. The number of carbonyl (C=O) groups excluding carboxylic acids is 3. The molecule has 55 heavy (non-hydrogen) atoms. The number of aliphatic hydroxyl groups excluding tert-OH is 1. The van der Waals surface area contributed by atoms with Crippen molar-refractivity contribution < 1.29 is 34.1 Å². The summed E-state index contributed by atoms with van der Waals surface area (Å²) in [6.45, 7) is 3.44. The summed E-state index contributed by atoms with van der Waals surface area (Å²) in [4.78, 5) is 47.6. The van der Waals surface area contributed by atoms with Crippen molar-refractivity contribution in [2.24, 2.45) is 0 Å². The highest BCUT2D eigenvalue weighted by Crippen LogP contribution is 2.18. The first-order valence-electron chi connectivity index (χ1n) is 22.4. The molecule has 2 amide bonds. The fourth-order valence-corrected chi connectivity index (χ4v) is 6.38. The van der Waals surface area contributed by atoms with Crippen LogP contribution in [0.2, 0.25) is 0 Å². The number of ether oxygens (including phenoxy) is 1. The molecule has 0 rings (SSSR count). The van der Waals surface area contributed by atoms with Gasteiger partial charge in [0.2, 0.25) is 11.8 Å². The number of amides is 2. The van der Waals surface area contributed by atoms with Gasteiger partial charge in [0.1, 0.15) is 12.1 Å². The SMILES string of the molecule is CCCC/C=C\C/C=C\CCCCCCCC(=O)OC(CCC/C=C\CCCCCCCCCC)CCCCCCCC(=O)NCC(=O)NC(CO)C(=O)O. The second kappa shape index (κ2) is 40.7. The van der Waals surface area contributed by atoms with Gasteiger partial charge in [0.05, 0.1) is 13.2 Å². The first kappa shape index (κ1) is 52.1. The molecule has 318 valence electrons. The molecule has 2 unspecified atom stereocenters. The predicted octanol–water partition coefficient (Wildman–Crippen LogP) is 11.0. The summed E-state index contributed by atoms with van der Waals surface area (Å²) in [7, 11) is 0. The number of allylic oxidation sites excluding steroid dienone is 6. The fourth-order valence-electron chi connectivity index (χ4n) is 6.38. The molecule has 0 aliphatic heterocycles. The van der Waals surface area contributed by atoms with Gasteiger partial charge in [-0.2, -0.15) is 0 Å². The standard InChI is InChI=1S/C46H82N2O7/c1-3-5-7-9-11-13-15-17-19-21-23-25-30-34-38-45(52)55-41(35-31-27-24-22-20-18-16-14-12-10-8-6-4-2)36-32-28-26-29-33-37-43(50)47-39-44(51)48-42(40-49)46(53)54/h9,11,15,17,22,24,41-42,49H,3-8,10,12-14,16,18-21,23,25-40H2,1-2H3,(H,47,50)(H,48,51)(H,53,54)/b11-9-,17-15-,24-22-. The third-order valence-corrected chi connectivity index (χ3v) is 9.86. The van der Waals surface area contributed by atoms with Crippen LogP contribution in [0.3, 0.4) is 0 Å². The van der Waals surface area contributed by atoms with Crippen molar-refractivity contribution in [1.29, 1.82) is 0 Å². The van der Waals surface area contributed by atoms with Crippen molar-refractivity contribution in [3.63, 3.8) is 0 Å². The quantitative estimate of drug-likeness (QED) is 0.0276. The number of aliphatic carboxylic acids is 1. The maximum atomic E-state index is 12.8. The lowest BCUT2D eigenvalue weighted by molar-refractivity contribution is -0.150. The van der Waals surface area contributed by atoms with Crippen molar-refractivity contribution in [1.82, 2.24) is 10.6 Å². The lowest BCUT2D eigenvalue weighted by Gasteiger charge is -2.18. The lowest BCUT2D eigenvalue weighted by atomic mass is 10.0. The fraction of sp³-hybridized carbons (Fsp3) is 0.783. The molecule has 0 bridgehead atoms. The number of aliphatic hydroxyl groups is 1. The van der Waals surface area contributed by atoms with E-state index in [0.717, 1.165) is 89.9 Å². The van der Waals surface area contributed by atoms with E-state index >= 15 is 0 Å². The van der Waals surface area contributed by atoms with E-state index in [9.17, 15) is 19.2 Å². The Morgan fingerprint density at radius 1 is 0.545 bits per heavy atom. The monoisotopic (exact) mass is 775 g/mol. The van der Waals surface area contributed by atoms with Crippen LogP contribution in [0.5, 0.6) is 0 Å². The second-order valence-electron chi connectivity index (χ2n) is 15.1. The van der Waals surface area contributed by atoms with Crippen LogP contribution in [0.25, 0.3) is 0 Å². The largest absolute Gasteiger partial charge is 0.480 e. The van der Waals surface area contributed by atoms with Crippen LogP contribution in [-0.4, -0.2) is 59.3 Å². The number of nitrogens with one attached hydrogen (secondary N) is 2. The van der Waals surface area contributed by atoms with E-state index in [0.29, 0.717) is 12.8 Å². The summed E-state index contributed by atoms with van der Waals surface area (Å²) in [6.07, 6.45) is 45.9. The van der Waals surface area contributed by atoms with Gasteiger partial charge >= 0.3 is 11.9 Å². The van der Waals surface area contributed by atoms with E-state index in [1.165, 1.54) is 83.5 Å². The van der Waals surface area contributed by atoms with Crippen molar-refractivity contribution in [2.75, 3.05) is 13.2 Å². The number of carboxylic acids is 1. The smallest absolute Gasteiger partial charge is 0.328 e. The van der Waals surface area contributed by atoms with E-state index in [-0.39, 0.29) is 30.9 Å². The molecule has 0 aromatic heterocycles. The Bertz CT molecular complexity index is 1030. The Morgan fingerprint density at radius 3 is 1.60 bits per heavy atom. The molecule has 9 nitrogen and oxygen atoms in total. The molecule has 0 saturated carbocycles. The minimum absolute atomic E-state index is 0.0506. The van der Waals surface area contributed by atoms with Gasteiger partial charge in [-0.25, -0.2) is 4.79 Å². The molecule has 0 aromatic rings. The van der Waals surface area contributed by atoms with Crippen LogP contribution in [0.15, 0.2) is 36.5 Å². The Kier molecular flexibility index (Phi) is 38.5. The highest BCUT2D eigenvalue weighted by Gasteiger charge is 2.19. The Balaban J connectivity index is 4.38. The summed E-state index contributed by atoms with van der Waals surface area (Å²) in [5.41, 5.74) is 0. The molecule has 2 atom stereocenters. The Hall–Kier alpha value is -2.94. The zero-order chi connectivity index (χ0) is 40.5. The maximum Gasteiger partial charge on any atom is 0.328 e. The molecular formula is C46H82N2O7. The molecule has 0 fully saturated rings. The van der Waals surface area contributed by atoms with E-state index in [4.69, 9.17) is 14.9 Å². The summed E-state index contributed by atoms with van der Waals surface area (Å²) in [5.74, 6) is -2.32. The number of rotatable bonds is 40. The topological polar surface area (TPSA) is 142 Å². The molecule has 0 radical (unpaired) electrons. The van der Waals surface area contributed by atoms with Gasteiger partial charge in [0.25, 0.3) is 0 Å². The summed E-state index contributed by atoms with van der Waals surface area (Å²) < 4.78 is 6.01. The average Bonchev–Trinajstić information content (AvgIpc) is 3.17. The highest BCUT2D eigenvalue weighted by molar-refractivity contribution is 5.87. The van der Waals surface area contributed by atoms with Gasteiger partial charge in [-0.05, 0) is 83.5 Å². The predicted molar refractivity (Wildman–Crippen MR) is 227 cm³/mol. The van der Waals surface area contributed by atoms with Gasteiger partial charge < -0.3 is 25.6 Å². The number of hydrogen-bond donors (Lipinski definition) is 4. The molecule has 9 heteroatoms. The number of hydrogen-bond acceptors (Lipinski definition) is 6. The maximum absolute atomic E-state index is 12.8. The van der Waals surface area contributed by atoms with Gasteiger partial charge in [-0.1, -0.05) is 147 Å². The summed E-state index contributed by atoms with van der Waals surface area (Å²) >= 11 is 0. The Morgan fingerprint density at radius 2 is 1.02 bits per heavy atom. The van der Waals surface area contributed by atoms with Crippen molar-refractivity contribution in [3.05, 3.63) is 36.5 Å². The van der Waals surface area contributed by atoms with E-state index < -0.39 is 24.5 Å². The average molecular weight is 775 g/mol. The summed E-state index contributed by atoms with van der Waals surface area (Å²) in [5, 5.41) is 22.6. The van der Waals surface area contributed by atoms with Crippen LogP contribution in [-0.2, 0) is 23.9 Å². The molecule has 0 heterocycles. The van der Waals surface area contributed by atoms with Crippen LogP contribution in [0.4, 0.5) is 0 Å². The molecule has 0 saturated heterocycles. The third-order valence-electron chi connectivity index (χ3n) is 9.86. The van der Waals surface area contributed by atoms with Crippen molar-refractivity contribution in [2.45, 2.75) is 219 Å². The number of carboxylic acid groups (broad SMARTS) is 1. The summed E-state index contributed by atoms with van der Waals surface area (Å²) in [6, 6.07) is -1.38. The second-order valence-corrected chi connectivity index (χ2v) is 15.1. The van der Waals surface area contributed by atoms with Crippen molar-refractivity contribution in [3.8, 4) is 0 Å². The normalized spacial score (nSPS) is 12.8. The van der Waals surface area contributed by atoms with E-state index in [1.54, 1.807) is 0 Å². The van der Waals surface area contributed by atoms with Crippen molar-refractivity contribution >= 4 is 23.8 Å². The molecule has 0 aromatic carbocycles.